The quantitative estimate of drug-likeness (QED) is 0.905. The molecule has 0 bridgehead atoms. The minimum Gasteiger partial charge on any atom is -0.339 e. The Hall–Kier alpha value is -1.42. The molecule has 2 heterocycles. The first-order valence-corrected chi connectivity index (χ1v) is 6.92. The third-order valence-electron chi connectivity index (χ3n) is 4.31. The lowest BCUT2D eigenvalue weighted by atomic mass is 9.79. The molecule has 104 valence electrons. The number of amides is 1. The second kappa shape index (κ2) is 5.70. The van der Waals surface area contributed by atoms with E-state index < -0.39 is 0 Å². The van der Waals surface area contributed by atoms with Crippen LogP contribution in [-0.4, -0.2) is 35.9 Å². The molecule has 0 saturated carbocycles. The first-order chi connectivity index (χ1) is 9.04. The Balaban J connectivity index is 2.10. The van der Waals surface area contributed by atoms with Crippen LogP contribution in [0.5, 0.6) is 0 Å². The second-order valence-electron chi connectivity index (χ2n) is 5.68. The average Bonchev–Trinajstić information content (AvgIpc) is 2.46. The van der Waals surface area contributed by atoms with Gasteiger partial charge in [0.05, 0.1) is 6.04 Å². The highest BCUT2D eigenvalue weighted by atomic mass is 16.2. The molecule has 1 amide bonds. The third-order valence-corrected chi connectivity index (χ3v) is 4.31. The first-order valence-electron chi connectivity index (χ1n) is 6.92. The van der Waals surface area contributed by atoms with Gasteiger partial charge in [-0.3, -0.25) is 9.78 Å². The molecular weight excluding hydrogens is 238 g/mol. The van der Waals surface area contributed by atoms with Gasteiger partial charge in [0.25, 0.3) is 0 Å². The van der Waals surface area contributed by atoms with E-state index in [-0.39, 0.29) is 17.4 Å². The molecule has 1 saturated heterocycles. The van der Waals surface area contributed by atoms with E-state index in [1.807, 2.05) is 24.1 Å². The monoisotopic (exact) mass is 261 g/mol. The summed E-state index contributed by atoms with van der Waals surface area (Å²) in [4.78, 5) is 18.6. The maximum absolute atomic E-state index is 12.7. The number of hydrogen-bond donors (Lipinski definition) is 1. The summed E-state index contributed by atoms with van der Waals surface area (Å²) in [6, 6.07) is 4.03. The van der Waals surface area contributed by atoms with E-state index in [1.54, 1.807) is 12.4 Å². The summed E-state index contributed by atoms with van der Waals surface area (Å²) in [5.74, 6) is 0.248. The normalized spacial score (nSPS) is 19.7. The molecule has 4 heteroatoms. The van der Waals surface area contributed by atoms with Crippen molar-refractivity contribution in [2.24, 2.45) is 5.41 Å². The maximum atomic E-state index is 12.7. The van der Waals surface area contributed by atoms with Gasteiger partial charge in [0.2, 0.25) is 5.91 Å². The number of piperidine rings is 1. The van der Waals surface area contributed by atoms with E-state index >= 15 is 0 Å². The third kappa shape index (κ3) is 2.95. The zero-order valence-electron chi connectivity index (χ0n) is 12.0. The lowest BCUT2D eigenvalue weighted by Crippen LogP contribution is -2.47. The van der Waals surface area contributed by atoms with Crippen LogP contribution in [-0.2, 0) is 4.79 Å². The van der Waals surface area contributed by atoms with Crippen molar-refractivity contribution < 1.29 is 4.79 Å². The van der Waals surface area contributed by atoms with Crippen LogP contribution in [0.1, 0.15) is 38.3 Å². The van der Waals surface area contributed by atoms with Crippen LogP contribution in [0, 0.1) is 5.41 Å². The molecule has 2 rings (SSSR count). The Kier molecular flexibility index (Phi) is 4.20. The van der Waals surface area contributed by atoms with Crippen LogP contribution in [0.3, 0.4) is 0 Å². The summed E-state index contributed by atoms with van der Waals surface area (Å²) < 4.78 is 0. The molecule has 1 aliphatic heterocycles. The highest BCUT2D eigenvalue weighted by Crippen LogP contribution is 2.32. The summed E-state index contributed by atoms with van der Waals surface area (Å²) in [6.07, 6.45) is 5.38. The van der Waals surface area contributed by atoms with Crippen LogP contribution in [0.4, 0.5) is 0 Å². The van der Waals surface area contributed by atoms with Crippen LogP contribution in [0.15, 0.2) is 24.5 Å². The number of hydrogen-bond acceptors (Lipinski definition) is 3. The van der Waals surface area contributed by atoms with Gasteiger partial charge in [-0.1, -0.05) is 6.92 Å². The Morgan fingerprint density at radius 2 is 1.95 bits per heavy atom. The van der Waals surface area contributed by atoms with Crippen molar-refractivity contribution >= 4 is 5.91 Å². The Morgan fingerprint density at radius 3 is 2.53 bits per heavy atom. The fourth-order valence-corrected chi connectivity index (χ4v) is 2.66. The number of aromatic nitrogens is 1. The van der Waals surface area contributed by atoms with Gasteiger partial charge in [-0.15, -0.1) is 0 Å². The largest absolute Gasteiger partial charge is 0.339 e. The van der Waals surface area contributed by atoms with Gasteiger partial charge in [0.1, 0.15) is 0 Å². The topological polar surface area (TPSA) is 45.2 Å². The smallest absolute Gasteiger partial charge is 0.228 e. The fourth-order valence-electron chi connectivity index (χ4n) is 2.66. The van der Waals surface area contributed by atoms with Crippen molar-refractivity contribution in [3.05, 3.63) is 30.1 Å². The van der Waals surface area contributed by atoms with Crippen LogP contribution in [0.2, 0.25) is 0 Å². The predicted octanol–water partition coefficient (Wildman–Crippen LogP) is 1.99. The van der Waals surface area contributed by atoms with Crippen LogP contribution < -0.4 is 5.32 Å². The molecule has 1 N–H and O–H groups in total. The van der Waals surface area contributed by atoms with Crippen molar-refractivity contribution in [3.8, 4) is 0 Å². The fraction of sp³-hybridized carbons (Fsp3) is 0.600. The van der Waals surface area contributed by atoms with Gasteiger partial charge >= 0.3 is 0 Å². The molecule has 19 heavy (non-hydrogen) atoms. The van der Waals surface area contributed by atoms with Crippen molar-refractivity contribution in [1.82, 2.24) is 15.2 Å². The second-order valence-corrected chi connectivity index (χ2v) is 5.68. The van der Waals surface area contributed by atoms with E-state index in [2.05, 4.69) is 24.1 Å². The summed E-state index contributed by atoms with van der Waals surface area (Å²) in [5.41, 5.74) is 0.907. The predicted molar refractivity (Wildman–Crippen MR) is 75.6 cm³/mol. The summed E-state index contributed by atoms with van der Waals surface area (Å²) in [6.45, 7) is 6.02. The molecule has 1 aliphatic rings. The van der Waals surface area contributed by atoms with E-state index in [0.29, 0.717) is 0 Å². The molecule has 1 aromatic heterocycles. The molecule has 0 aromatic carbocycles. The molecule has 1 atom stereocenters. The van der Waals surface area contributed by atoms with Gasteiger partial charge < -0.3 is 10.2 Å². The summed E-state index contributed by atoms with van der Waals surface area (Å²) in [5, 5.41) is 3.32. The summed E-state index contributed by atoms with van der Waals surface area (Å²) in [7, 11) is 1.90. The van der Waals surface area contributed by atoms with Crippen molar-refractivity contribution in [1.29, 1.82) is 0 Å². The van der Waals surface area contributed by atoms with Crippen molar-refractivity contribution in [2.75, 3.05) is 20.1 Å². The summed E-state index contributed by atoms with van der Waals surface area (Å²) >= 11 is 0. The molecule has 1 unspecified atom stereocenters. The minimum absolute atomic E-state index is 0.0854. The van der Waals surface area contributed by atoms with Gasteiger partial charge in [-0.05, 0) is 50.6 Å². The minimum atomic E-state index is -0.221. The number of carbonyl (C=O) groups is 1. The molecule has 0 spiro atoms. The van der Waals surface area contributed by atoms with E-state index in [0.717, 1.165) is 31.5 Å². The molecule has 1 aromatic rings. The number of nitrogens with one attached hydrogen (secondary N) is 1. The van der Waals surface area contributed by atoms with Gasteiger partial charge in [-0.2, -0.15) is 0 Å². The molecular formula is C15H23N3O. The van der Waals surface area contributed by atoms with Gasteiger partial charge in [-0.25, -0.2) is 0 Å². The van der Waals surface area contributed by atoms with Crippen LogP contribution in [0.25, 0.3) is 0 Å². The molecule has 1 fully saturated rings. The Bertz CT molecular complexity index is 426. The van der Waals surface area contributed by atoms with Crippen molar-refractivity contribution in [2.45, 2.75) is 32.7 Å². The highest BCUT2D eigenvalue weighted by molar-refractivity contribution is 5.82. The van der Waals surface area contributed by atoms with Crippen LogP contribution >= 0.6 is 0 Å². The molecule has 0 radical (unpaired) electrons. The number of rotatable bonds is 3. The lowest BCUT2D eigenvalue weighted by molar-refractivity contribution is -0.143. The van der Waals surface area contributed by atoms with E-state index in [9.17, 15) is 4.79 Å². The van der Waals surface area contributed by atoms with E-state index in [1.165, 1.54) is 0 Å². The highest BCUT2D eigenvalue weighted by Gasteiger charge is 2.37. The average molecular weight is 261 g/mol. The number of carbonyl (C=O) groups excluding carboxylic acids is 1. The van der Waals surface area contributed by atoms with Crippen molar-refractivity contribution in [3.63, 3.8) is 0 Å². The van der Waals surface area contributed by atoms with Gasteiger partial charge in [0.15, 0.2) is 0 Å². The maximum Gasteiger partial charge on any atom is 0.228 e. The Morgan fingerprint density at radius 1 is 1.37 bits per heavy atom. The lowest BCUT2D eigenvalue weighted by Gasteiger charge is -2.38. The zero-order chi connectivity index (χ0) is 13.9. The molecule has 4 nitrogen and oxygen atoms in total. The number of pyridine rings is 1. The SMILES string of the molecule is CC(c1ccncc1)N(C)C(=O)C1(C)CCNCC1. The van der Waals surface area contributed by atoms with E-state index in [4.69, 9.17) is 0 Å². The van der Waals surface area contributed by atoms with Gasteiger partial charge in [0, 0.05) is 24.9 Å². The number of nitrogens with zero attached hydrogens (tertiary/aromatic N) is 2. The Labute approximate surface area is 115 Å². The molecule has 0 aliphatic carbocycles. The standard InChI is InChI=1S/C15H23N3O/c1-12(13-4-8-16-9-5-13)18(3)14(19)15(2)6-10-17-11-7-15/h4-5,8-9,12,17H,6-7,10-11H2,1-3H3. The first kappa shape index (κ1) is 14.0. The zero-order valence-corrected chi connectivity index (χ0v) is 12.0.